The normalized spacial score (nSPS) is 17.8. The molecule has 1 unspecified atom stereocenters. The predicted molar refractivity (Wildman–Crippen MR) is 68.2 cm³/mol. The molecule has 0 saturated carbocycles. The first kappa shape index (κ1) is 11.5. The second-order valence-corrected chi connectivity index (χ2v) is 5.24. The zero-order valence-electron chi connectivity index (χ0n) is 9.06. The van der Waals surface area contributed by atoms with E-state index in [2.05, 4.69) is 0 Å². The number of benzene rings is 1. The van der Waals surface area contributed by atoms with E-state index < -0.39 is 0 Å². The van der Waals surface area contributed by atoms with Crippen LogP contribution in [0.15, 0.2) is 30.3 Å². The topological polar surface area (TPSA) is 59.1 Å². The van der Waals surface area contributed by atoms with E-state index >= 15 is 0 Å². The molecule has 1 aromatic carbocycles. The first-order valence-corrected chi connectivity index (χ1v) is 6.40. The van der Waals surface area contributed by atoms with Crippen LogP contribution in [-0.2, 0) is 4.74 Å². The number of hydrogen-bond donors (Lipinski definition) is 2. The summed E-state index contributed by atoms with van der Waals surface area (Å²) in [6.45, 7) is 1.67. The van der Waals surface area contributed by atoms with Gasteiger partial charge in [-0.1, -0.05) is 30.3 Å². The Kier molecular flexibility index (Phi) is 3.85. The van der Waals surface area contributed by atoms with Crippen LogP contribution in [0.1, 0.15) is 11.5 Å². The van der Waals surface area contributed by atoms with Crippen molar-refractivity contribution in [3.63, 3.8) is 0 Å². The first-order chi connectivity index (χ1) is 7.77. The molecule has 1 heterocycles. The molecule has 3 N–H and O–H groups in total. The quantitative estimate of drug-likeness (QED) is 0.606. The van der Waals surface area contributed by atoms with Crippen molar-refractivity contribution in [2.75, 3.05) is 19.0 Å². The lowest BCUT2D eigenvalue weighted by Crippen LogP contribution is -2.32. The molecule has 1 atom stereocenters. The smallest absolute Gasteiger partial charge is 0.0990 e. The van der Waals surface area contributed by atoms with Crippen LogP contribution in [0, 0.1) is 5.41 Å². The van der Waals surface area contributed by atoms with E-state index in [0.717, 1.165) is 24.5 Å². The van der Waals surface area contributed by atoms with Gasteiger partial charge in [-0.15, -0.1) is 0 Å². The van der Waals surface area contributed by atoms with Gasteiger partial charge in [-0.05, 0) is 5.56 Å². The Morgan fingerprint density at radius 2 is 2.12 bits per heavy atom. The highest BCUT2D eigenvalue weighted by atomic mass is 32.2. The SMILES string of the molecule is N=C(N)C(CSC1COC1)c1ccccc1. The highest BCUT2D eigenvalue weighted by molar-refractivity contribution is 8.00. The van der Waals surface area contributed by atoms with Crippen LogP contribution >= 0.6 is 11.8 Å². The van der Waals surface area contributed by atoms with Crippen LogP contribution in [0.5, 0.6) is 0 Å². The summed E-state index contributed by atoms with van der Waals surface area (Å²) >= 11 is 1.85. The summed E-state index contributed by atoms with van der Waals surface area (Å²) in [7, 11) is 0. The number of rotatable bonds is 5. The number of amidine groups is 1. The Labute approximate surface area is 99.9 Å². The van der Waals surface area contributed by atoms with Crippen molar-refractivity contribution < 1.29 is 4.74 Å². The van der Waals surface area contributed by atoms with Crippen LogP contribution in [0.3, 0.4) is 0 Å². The third-order valence-corrected chi connectivity index (χ3v) is 3.95. The van der Waals surface area contributed by atoms with Crippen molar-refractivity contribution in [2.24, 2.45) is 5.73 Å². The molecule has 16 heavy (non-hydrogen) atoms. The third-order valence-electron chi connectivity index (χ3n) is 2.68. The lowest BCUT2D eigenvalue weighted by Gasteiger charge is -2.27. The first-order valence-electron chi connectivity index (χ1n) is 5.35. The minimum Gasteiger partial charge on any atom is -0.387 e. The maximum Gasteiger partial charge on any atom is 0.0990 e. The third kappa shape index (κ3) is 2.77. The maximum atomic E-state index is 7.64. The van der Waals surface area contributed by atoms with Gasteiger partial charge in [-0.2, -0.15) is 11.8 Å². The molecule has 1 saturated heterocycles. The van der Waals surface area contributed by atoms with Crippen LogP contribution in [0.4, 0.5) is 0 Å². The Hall–Kier alpha value is -1.00. The van der Waals surface area contributed by atoms with Gasteiger partial charge >= 0.3 is 0 Å². The molecule has 1 aromatic rings. The van der Waals surface area contributed by atoms with Gasteiger partial charge in [0.15, 0.2) is 0 Å². The Morgan fingerprint density at radius 1 is 1.44 bits per heavy atom. The fraction of sp³-hybridized carbons (Fsp3) is 0.417. The number of thioether (sulfide) groups is 1. The van der Waals surface area contributed by atoms with Crippen molar-refractivity contribution >= 4 is 17.6 Å². The lowest BCUT2D eigenvalue weighted by molar-refractivity contribution is 0.0455. The zero-order valence-corrected chi connectivity index (χ0v) is 9.87. The van der Waals surface area contributed by atoms with Gasteiger partial charge in [0, 0.05) is 11.7 Å². The minimum atomic E-state index is 0.0341. The highest BCUT2D eigenvalue weighted by Gasteiger charge is 2.22. The Balaban J connectivity index is 1.96. The summed E-state index contributed by atoms with van der Waals surface area (Å²) in [6, 6.07) is 10.0. The van der Waals surface area contributed by atoms with Crippen molar-refractivity contribution in [1.29, 1.82) is 5.41 Å². The van der Waals surface area contributed by atoms with Gasteiger partial charge in [0.25, 0.3) is 0 Å². The molecule has 0 aromatic heterocycles. The summed E-state index contributed by atoms with van der Waals surface area (Å²) in [4.78, 5) is 0. The molecule has 86 valence electrons. The molecule has 1 fully saturated rings. The molecule has 0 amide bonds. The monoisotopic (exact) mass is 236 g/mol. The molecule has 1 aliphatic heterocycles. The van der Waals surface area contributed by atoms with E-state index in [1.165, 1.54) is 0 Å². The molecule has 1 aliphatic rings. The fourth-order valence-electron chi connectivity index (χ4n) is 1.59. The lowest BCUT2D eigenvalue weighted by atomic mass is 10.0. The largest absolute Gasteiger partial charge is 0.387 e. The van der Waals surface area contributed by atoms with Crippen molar-refractivity contribution in [3.05, 3.63) is 35.9 Å². The number of nitrogens with two attached hydrogens (primary N) is 1. The summed E-state index contributed by atoms with van der Waals surface area (Å²) in [6.07, 6.45) is 0. The van der Waals surface area contributed by atoms with E-state index in [9.17, 15) is 0 Å². The summed E-state index contributed by atoms with van der Waals surface area (Å²) in [5, 5.41) is 8.23. The zero-order chi connectivity index (χ0) is 11.4. The van der Waals surface area contributed by atoms with Gasteiger partial charge in [-0.25, -0.2) is 0 Å². The summed E-state index contributed by atoms with van der Waals surface area (Å²) in [5.41, 5.74) is 6.78. The van der Waals surface area contributed by atoms with Crippen LogP contribution in [0.25, 0.3) is 0 Å². The molecule has 4 heteroatoms. The van der Waals surface area contributed by atoms with Gasteiger partial charge in [-0.3, -0.25) is 5.41 Å². The summed E-state index contributed by atoms with van der Waals surface area (Å²) in [5.74, 6) is 1.15. The van der Waals surface area contributed by atoms with Crippen LogP contribution < -0.4 is 5.73 Å². The van der Waals surface area contributed by atoms with Crippen LogP contribution in [0.2, 0.25) is 0 Å². The van der Waals surface area contributed by atoms with Crippen LogP contribution in [-0.4, -0.2) is 30.1 Å². The second kappa shape index (κ2) is 5.37. The highest BCUT2D eigenvalue weighted by Crippen LogP contribution is 2.26. The fourth-order valence-corrected chi connectivity index (χ4v) is 2.82. The standard InChI is InChI=1S/C12H16N2OS/c13-12(14)11(8-16-10-6-15-7-10)9-4-2-1-3-5-9/h1-5,10-11H,6-8H2,(H3,13,14). The average Bonchev–Trinajstić information content (AvgIpc) is 2.22. The van der Waals surface area contributed by atoms with Crippen molar-refractivity contribution in [1.82, 2.24) is 0 Å². The molecule has 3 nitrogen and oxygen atoms in total. The van der Waals surface area contributed by atoms with Crippen molar-refractivity contribution in [3.8, 4) is 0 Å². The van der Waals surface area contributed by atoms with E-state index in [0.29, 0.717) is 5.25 Å². The molecule has 0 aliphatic carbocycles. The number of hydrogen-bond acceptors (Lipinski definition) is 3. The molecule has 0 bridgehead atoms. The molecule has 2 rings (SSSR count). The van der Waals surface area contributed by atoms with E-state index in [1.54, 1.807) is 0 Å². The van der Waals surface area contributed by atoms with E-state index in [4.69, 9.17) is 15.9 Å². The average molecular weight is 236 g/mol. The number of ether oxygens (including phenoxy) is 1. The molecular formula is C12H16N2OS. The summed E-state index contributed by atoms with van der Waals surface area (Å²) < 4.78 is 5.13. The Bertz CT molecular complexity index is 351. The number of nitrogens with one attached hydrogen (secondary N) is 1. The van der Waals surface area contributed by atoms with Gasteiger partial charge in [0.05, 0.1) is 24.3 Å². The minimum absolute atomic E-state index is 0.0341. The molecule has 0 spiro atoms. The van der Waals surface area contributed by atoms with Crippen molar-refractivity contribution in [2.45, 2.75) is 11.2 Å². The molecular weight excluding hydrogens is 220 g/mol. The van der Waals surface area contributed by atoms with E-state index in [-0.39, 0.29) is 11.8 Å². The maximum absolute atomic E-state index is 7.64. The van der Waals surface area contributed by atoms with Gasteiger partial charge < -0.3 is 10.5 Å². The Morgan fingerprint density at radius 3 is 2.62 bits per heavy atom. The van der Waals surface area contributed by atoms with Gasteiger partial charge in [0.2, 0.25) is 0 Å². The van der Waals surface area contributed by atoms with Gasteiger partial charge in [0.1, 0.15) is 0 Å². The van der Waals surface area contributed by atoms with E-state index in [1.807, 2.05) is 42.1 Å². The molecule has 0 radical (unpaired) electrons. The second-order valence-electron chi connectivity index (χ2n) is 3.91. The predicted octanol–water partition coefficient (Wildman–Crippen LogP) is 1.84.